The van der Waals surface area contributed by atoms with Gasteiger partial charge in [-0.3, -0.25) is 4.79 Å². The summed E-state index contributed by atoms with van der Waals surface area (Å²) in [5.41, 5.74) is 0. The van der Waals surface area contributed by atoms with Crippen LogP contribution in [0.2, 0.25) is 0 Å². The second kappa shape index (κ2) is 10.0. The number of piperidine rings is 1. The molecule has 0 radical (unpaired) electrons. The van der Waals surface area contributed by atoms with Crippen molar-refractivity contribution in [3.05, 3.63) is 16.3 Å². The van der Waals surface area contributed by atoms with Crippen molar-refractivity contribution in [1.29, 1.82) is 0 Å². The first-order chi connectivity index (χ1) is 12.1. The lowest BCUT2D eigenvalue weighted by Gasteiger charge is -2.23. The number of amides is 1. The van der Waals surface area contributed by atoms with Crippen LogP contribution in [-0.4, -0.2) is 39.5 Å². The standard InChI is InChI=1S/C17H27N3O3S2.ClH/c21-17(19-14-8-5-10-18-12-14)16-15(9-11-24-16)25(22,23)20-13-6-3-1-2-4-7-13;/h9,11,13-14,18,20H,1-8,10,12H2,(H,19,21);1H/t14-;/m0./s1. The topological polar surface area (TPSA) is 87.3 Å². The summed E-state index contributed by atoms with van der Waals surface area (Å²) in [6, 6.07) is 1.58. The zero-order valence-electron chi connectivity index (χ0n) is 14.8. The van der Waals surface area contributed by atoms with Crippen molar-refractivity contribution < 1.29 is 13.2 Å². The number of carbonyl (C=O) groups is 1. The largest absolute Gasteiger partial charge is 0.347 e. The highest BCUT2D eigenvalue weighted by molar-refractivity contribution is 7.89. The van der Waals surface area contributed by atoms with Crippen LogP contribution in [0.4, 0.5) is 0 Å². The molecular formula is C17H28ClN3O3S2. The average Bonchev–Trinajstić information content (AvgIpc) is 2.97. The molecule has 0 aromatic carbocycles. The van der Waals surface area contributed by atoms with Gasteiger partial charge in [0.15, 0.2) is 0 Å². The van der Waals surface area contributed by atoms with Crippen molar-refractivity contribution in [2.24, 2.45) is 0 Å². The molecule has 1 aliphatic heterocycles. The second-order valence-electron chi connectivity index (χ2n) is 6.94. The molecule has 1 aliphatic carbocycles. The lowest BCUT2D eigenvalue weighted by atomic mass is 10.1. The highest BCUT2D eigenvalue weighted by Crippen LogP contribution is 2.25. The predicted molar refractivity (Wildman–Crippen MR) is 107 cm³/mol. The van der Waals surface area contributed by atoms with E-state index in [0.717, 1.165) is 51.6 Å². The molecule has 1 atom stereocenters. The van der Waals surface area contributed by atoms with Crippen LogP contribution in [0.1, 0.15) is 61.0 Å². The minimum absolute atomic E-state index is 0. The Hall–Kier alpha value is -0.670. The Balaban J connectivity index is 0.00000243. The minimum Gasteiger partial charge on any atom is -0.347 e. The van der Waals surface area contributed by atoms with Gasteiger partial charge in [-0.25, -0.2) is 13.1 Å². The first kappa shape index (κ1) is 21.6. The molecule has 1 saturated heterocycles. The summed E-state index contributed by atoms with van der Waals surface area (Å²) in [6.45, 7) is 1.70. The molecule has 6 nitrogen and oxygen atoms in total. The van der Waals surface area contributed by atoms with Crippen molar-refractivity contribution in [3.63, 3.8) is 0 Å². The maximum absolute atomic E-state index is 12.8. The molecule has 3 rings (SSSR count). The summed E-state index contributed by atoms with van der Waals surface area (Å²) in [6.07, 6.45) is 8.13. The second-order valence-corrected chi connectivity index (χ2v) is 9.54. The molecule has 2 heterocycles. The average molecular weight is 422 g/mol. The van der Waals surface area contributed by atoms with Crippen molar-refractivity contribution in [3.8, 4) is 0 Å². The van der Waals surface area contributed by atoms with Crippen molar-refractivity contribution in [1.82, 2.24) is 15.4 Å². The van der Waals surface area contributed by atoms with E-state index >= 15 is 0 Å². The number of nitrogens with one attached hydrogen (secondary N) is 3. The van der Waals surface area contributed by atoms with E-state index in [4.69, 9.17) is 0 Å². The van der Waals surface area contributed by atoms with Gasteiger partial charge >= 0.3 is 0 Å². The Bertz CT molecular complexity index is 679. The zero-order valence-corrected chi connectivity index (χ0v) is 17.3. The smallest absolute Gasteiger partial charge is 0.263 e. The van der Waals surface area contributed by atoms with Gasteiger partial charge in [0.2, 0.25) is 10.0 Å². The summed E-state index contributed by atoms with van der Waals surface area (Å²) in [7, 11) is -3.67. The fraction of sp³-hybridized carbons (Fsp3) is 0.706. The highest BCUT2D eigenvalue weighted by Gasteiger charge is 2.28. The molecule has 1 amide bonds. The molecule has 1 saturated carbocycles. The first-order valence-corrected chi connectivity index (χ1v) is 11.5. The van der Waals surface area contributed by atoms with Gasteiger partial charge in [0.25, 0.3) is 5.91 Å². The van der Waals surface area contributed by atoms with Gasteiger partial charge in [0.05, 0.1) is 0 Å². The van der Waals surface area contributed by atoms with Crippen LogP contribution < -0.4 is 15.4 Å². The first-order valence-electron chi connectivity index (χ1n) is 9.17. The molecule has 2 aliphatic rings. The van der Waals surface area contributed by atoms with E-state index in [1.807, 2.05) is 0 Å². The van der Waals surface area contributed by atoms with Crippen LogP contribution in [0.15, 0.2) is 16.3 Å². The Morgan fingerprint density at radius 2 is 1.77 bits per heavy atom. The van der Waals surface area contributed by atoms with E-state index in [9.17, 15) is 13.2 Å². The van der Waals surface area contributed by atoms with Gasteiger partial charge in [-0.05, 0) is 43.7 Å². The predicted octanol–water partition coefficient (Wildman–Crippen LogP) is 2.65. The molecule has 0 bridgehead atoms. The molecule has 9 heteroatoms. The molecule has 3 N–H and O–H groups in total. The van der Waals surface area contributed by atoms with Crippen molar-refractivity contribution in [2.45, 2.75) is 68.3 Å². The molecule has 26 heavy (non-hydrogen) atoms. The van der Waals surface area contributed by atoms with Crippen LogP contribution in [0.25, 0.3) is 0 Å². The summed E-state index contributed by atoms with van der Waals surface area (Å²) < 4.78 is 28.4. The number of halogens is 1. The van der Waals surface area contributed by atoms with Crippen molar-refractivity contribution >= 4 is 39.7 Å². The lowest BCUT2D eigenvalue weighted by molar-refractivity contribution is 0.0931. The van der Waals surface area contributed by atoms with E-state index < -0.39 is 10.0 Å². The maximum atomic E-state index is 12.8. The molecule has 0 spiro atoms. The summed E-state index contributed by atoms with van der Waals surface area (Å²) >= 11 is 1.19. The van der Waals surface area contributed by atoms with E-state index in [1.165, 1.54) is 30.2 Å². The number of hydrogen-bond acceptors (Lipinski definition) is 5. The fourth-order valence-corrected chi connectivity index (χ4v) is 6.22. The molecule has 148 valence electrons. The van der Waals surface area contributed by atoms with Gasteiger partial charge < -0.3 is 10.6 Å². The Labute approximate surface area is 166 Å². The maximum Gasteiger partial charge on any atom is 0.263 e. The van der Waals surface area contributed by atoms with Gasteiger partial charge in [0.1, 0.15) is 9.77 Å². The third-order valence-electron chi connectivity index (χ3n) is 4.93. The quantitative estimate of drug-likeness (QED) is 0.638. The Morgan fingerprint density at radius 3 is 2.42 bits per heavy atom. The Kier molecular flexibility index (Phi) is 8.35. The van der Waals surface area contributed by atoms with Crippen LogP contribution >= 0.6 is 23.7 Å². The van der Waals surface area contributed by atoms with Crippen LogP contribution in [0, 0.1) is 0 Å². The fourth-order valence-electron chi connectivity index (χ4n) is 3.58. The zero-order chi connectivity index (χ0) is 17.7. The van der Waals surface area contributed by atoms with Crippen LogP contribution in [-0.2, 0) is 10.0 Å². The molecular weight excluding hydrogens is 394 g/mol. The third kappa shape index (κ3) is 5.66. The number of sulfonamides is 1. The number of hydrogen-bond donors (Lipinski definition) is 3. The number of carbonyl (C=O) groups excluding carboxylic acids is 1. The van der Waals surface area contributed by atoms with Crippen molar-refractivity contribution in [2.75, 3.05) is 13.1 Å². The SMILES string of the molecule is Cl.O=C(N[C@H]1CCCNC1)c1sccc1S(=O)(=O)NC1CCCCCC1. The van der Waals surface area contributed by atoms with Gasteiger partial charge in [-0.1, -0.05) is 25.7 Å². The highest BCUT2D eigenvalue weighted by atomic mass is 35.5. The molecule has 1 aromatic heterocycles. The molecule has 2 fully saturated rings. The van der Waals surface area contributed by atoms with Gasteiger partial charge in [0, 0.05) is 18.6 Å². The molecule has 0 unspecified atom stereocenters. The molecule has 1 aromatic rings. The lowest BCUT2D eigenvalue weighted by Crippen LogP contribution is -2.45. The van der Waals surface area contributed by atoms with Gasteiger partial charge in [-0.2, -0.15) is 0 Å². The van der Waals surface area contributed by atoms with E-state index in [-0.39, 0.29) is 40.2 Å². The van der Waals surface area contributed by atoms with Crippen LogP contribution in [0.5, 0.6) is 0 Å². The van der Waals surface area contributed by atoms with E-state index in [1.54, 1.807) is 5.38 Å². The summed E-state index contributed by atoms with van der Waals surface area (Å²) in [4.78, 5) is 13.0. The van der Waals surface area contributed by atoms with E-state index in [2.05, 4.69) is 15.4 Å². The van der Waals surface area contributed by atoms with Crippen LogP contribution in [0.3, 0.4) is 0 Å². The summed E-state index contributed by atoms with van der Waals surface area (Å²) in [5.74, 6) is -0.287. The monoisotopic (exact) mass is 421 g/mol. The Morgan fingerprint density at radius 1 is 1.08 bits per heavy atom. The summed E-state index contributed by atoms with van der Waals surface area (Å²) in [5, 5.41) is 7.89. The van der Waals surface area contributed by atoms with Gasteiger partial charge in [-0.15, -0.1) is 23.7 Å². The van der Waals surface area contributed by atoms with E-state index in [0.29, 0.717) is 0 Å². The normalized spacial score (nSPS) is 22.2. The number of rotatable bonds is 5. The minimum atomic E-state index is -3.67. The number of thiophene rings is 1. The third-order valence-corrected chi connectivity index (χ3v) is 7.54.